The number of anilines is 1. The van der Waals surface area contributed by atoms with Crippen molar-refractivity contribution in [3.8, 4) is 0 Å². The molecule has 1 aliphatic rings. The first-order chi connectivity index (χ1) is 8.74. The number of carboxylic acid groups (broad SMARTS) is 1. The Hall–Kier alpha value is -2.37. The summed E-state index contributed by atoms with van der Waals surface area (Å²) in [6.07, 6.45) is 3.64. The maximum atomic E-state index is 10.9. The van der Waals surface area contributed by atoms with Gasteiger partial charge in [-0.05, 0) is 12.1 Å². The molecule has 92 valence electrons. The summed E-state index contributed by atoms with van der Waals surface area (Å²) in [5.41, 5.74) is 1.19. The van der Waals surface area contributed by atoms with Crippen molar-refractivity contribution in [2.24, 2.45) is 0 Å². The van der Waals surface area contributed by atoms with Crippen molar-refractivity contribution in [3.63, 3.8) is 0 Å². The average Bonchev–Trinajstić information content (AvgIpc) is 2.86. The van der Waals surface area contributed by atoms with Gasteiger partial charge in [-0.2, -0.15) is 0 Å². The molecule has 2 aromatic rings. The molecule has 0 amide bonds. The molecule has 0 fully saturated rings. The molecule has 0 aliphatic carbocycles. The number of aromatic carboxylic acids is 1. The quantitative estimate of drug-likeness (QED) is 0.853. The van der Waals surface area contributed by atoms with Gasteiger partial charge in [0.25, 0.3) is 0 Å². The SMILES string of the molecule is O=C(O)c1cccc(N2CCn3cncc3C2)n1. The van der Waals surface area contributed by atoms with E-state index in [4.69, 9.17) is 5.11 Å². The molecule has 0 bridgehead atoms. The van der Waals surface area contributed by atoms with Gasteiger partial charge in [0.05, 0.1) is 18.6 Å². The van der Waals surface area contributed by atoms with Crippen LogP contribution in [0.25, 0.3) is 0 Å². The van der Waals surface area contributed by atoms with Crippen LogP contribution < -0.4 is 4.90 Å². The molecule has 0 unspecified atom stereocenters. The highest BCUT2D eigenvalue weighted by atomic mass is 16.4. The van der Waals surface area contributed by atoms with Gasteiger partial charge in [0.1, 0.15) is 5.82 Å². The highest BCUT2D eigenvalue weighted by Crippen LogP contribution is 2.18. The molecule has 0 saturated heterocycles. The normalized spacial score (nSPS) is 14.3. The van der Waals surface area contributed by atoms with Crippen molar-refractivity contribution >= 4 is 11.8 Å². The highest BCUT2D eigenvalue weighted by Gasteiger charge is 2.18. The molecular formula is C12H12N4O2. The maximum absolute atomic E-state index is 10.9. The average molecular weight is 244 g/mol. The van der Waals surface area contributed by atoms with E-state index in [-0.39, 0.29) is 5.69 Å². The van der Waals surface area contributed by atoms with Gasteiger partial charge in [0.15, 0.2) is 5.69 Å². The largest absolute Gasteiger partial charge is 0.477 e. The summed E-state index contributed by atoms with van der Waals surface area (Å²) in [5, 5.41) is 8.94. The third kappa shape index (κ3) is 1.81. The van der Waals surface area contributed by atoms with Gasteiger partial charge < -0.3 is 14.6 Å². The molecule has 1 aliphatic heterocycles. The molecule has 1 N–H and O–H groups in total. The summed E-state index contributed by atoms with van der Waals surface area (Å²) in [5.74, 6) is -0.304. The Morgan fingerprint density at radius 1 is 1.33 bits per heavy atom. The zero-order chi connectivity index (χ0) is 12.5. The van der Waals surface area contributed by atoms with Gasteiger partial charge in [-0.15, -0.1) is 0 Å². The van der Waals surface area contributed by atoms with Crippen molar-refractivity contribution in [1.82, 2.24) is 14.5 Å². The molecule has 0 radical (unpaired) electrons. The van der Waals surface area contributed by atoms with Crippen molar-refractivity contribution in [3.05, 3.63) is 42.1 Å². The van der Waals surface area contributed by atoms with Gasteiger partial charge in [0.2, 0.25) is 0 Å². The number of rotatable bonds is 2. The molecule has 0 aromatic carbocycles. The molecular weight excluding hydrogens is 232 g/mol. The second-order valence-electron chi connectivity index (χ2n) is 4.19. The summed E-state index contributed by atoms with van der Waals surface area (Å²) < 4.78 is 2.09. The Morgan fingerprint density at radius 3 is 3.06 bits per heavy atom. The van der Waals surface area contributed by atoms with Crippen LogP contribution in [-0.4, -0.2) is 32.2 Å². The molecule has 6 nitrogen and oxygen atoms in total. The van der Waals surface area contributed by atoms with Crippen LogP contribution in [0.4, 0.5) is 5.82 Å². The van der Waals surface area contributed by atoms with E-state index in [0.717, 1.165) is 18.8 Å². The lowest BCUT2D eigenvalue weighted by Gasteiger charge is -2.29. The van der Waals surface area contributed by atoms with Crippen LogP contribution in [0, 0.1) is 0 Å². The summed E-state index contributed by atoms with van der Waals surface area (Å²) >= 11 is 0. The zero-order valence-corrected chi connectivity index (χ0v) is 9.65. The second kappa shape index (κ2) is 4.14. The fourth-order valence-corrected chi connectivity index (χ4v) is 2.10. The first-order valence-corrected chi connectivity index (χ1v) is 5.68. The summed E-state index contributed by atoms with van der Waals surface area (Å²) in [6.45, 7) is 2.35. The number of pyridine rings is 1. The van der Waals surface area contributed by atoms with Crippen molar-refractivity contribution in [2.75, 3.05) is 11.4 Å². The monoisotopic (exact) mass is 244 g/mol. The second-order valence-corrected chi connectivity index (χ2v) is 4.19. The van der Waals surface area contributed by atoms with E-state index in [0.29, 0.717) is 12.4 Å². The Bertz CT molecular complexity index is 593. The van der Waals surface area contributed by atoms with Gasteiger partial charge in [-0.25, -0.2) is 14.8 Å². The third-order valence-electron chi connectivity index (χ3n) is 3.04. The maximum Gasteiger partial charge on any atom is 0.354 e. The van der Waals surface area contributed by atoms with Crippen LogP contribution in [0.1, 0.15) is 16.2 Å². The predicted octanol–water partition coefficient (Wildman–Crippen LogP) is 0.996. The van der Waals surface area contributed by atoms with E-state index in [1.165, 1.54) is 6.07 Å². The standard InChI is InChI=1S/C12H12N4O2/c17-12(18)10-2-1-3-11(14-10)15-4-5-16-8-13-6-9(16)7-15/h1-3,6,8H,4-5,7H2,(H,17,18). The predicted molar refractivity (Wildman–Crippen MR) is 64.5 cm³/mol. The molecule has 3 rings (SSSR count). The van der Waals surface area contributed by atoms with Gasteiger partial charge in [-0.3, -0.25) is 0 Å². The van der Waals surface area contributed by atoms with E-state index >= 15 is 0 Å². The molecule has 0 atom stereocenters. The van der Waals surface area contributed by atoms with Crippen LogP contribution in [0.2, 0.25) is 0 Å². The highest BCUT2D eigenvalue weighted by molar-refractivity contribution is 5.85. The van der Waals surface area contributed by atoms with E-state index < -0.39 is 5.97 Å². The molecule has 2 aromatic heterocycles. The molecule has 6 heteroatoms. The number of carboxylic acids is 1. The summed E-state index contributed by atoms with van der Waals surface area (Å²) in [6, 6.07) is 5.05. The first kappa shape index (κ1) is 10.8. The van der Waals surface area contributed by atoms with Crippen LogP contribution in [0.5, 0.6) is 0 Å². The lowest BCUT2D eigenvalue weighted by molar-refractivity contribution is 0.0690. The van der Waals surface area contributed by atoms with Gasteiger partial charge in [-0.1, -0.05) is 6.07 Å². The number of hydrogen-bond donors (Lipinski definition) is 1. The molecule has 18 heavy (non-hydrogen) atoms. The number of fused-ring (bicyclic) bond motifs is 1. The van der Waals surface area contributed by atoms with Crippen LogP contribution >= 0.6 is 0 Å². The molecule has 0 spiro atoms. The summed E-state index contributed by atoms with van der Waals surface area (Å²) in [7, 11) is 0. The number of carbonyl (C=O) groups is 1. The fraction of sp³-hybridized carbons (Fsp3) is 0.250. The minimum Gasteiger partial charge on any atom is -0.477 e. The number of imidazole rings is 1. The van der Waals surface area contributed by atoms with Crippen LogP contribution in [0.15, 0.2) is 30.7 Å². The van der Waals surface area contributed by atoms with E-state index in [1.807, 2.05) is 18.6 Å². The van der Waals surface area contributed by atoms with Crippen LogP contribution in [-0.2, 0) is 13.1 Å². The van der Waals surface area contributed by atoms with E-state index in [2.05, 4.69) is 19.4 Å². The number of nitrogens with zero attached hydrogens (tertiary/aromatic N) is 4. The molecule has 3 heterocycles. The Kier molecular flexibility index (Phi) is 2.47. The van der Waals surface area contributed by atoms with Crippen molar-refractivity contribution in [1.29, 1.82) is 0 Å². The Balaban J connectivity index is 1.88. The Labute approximate surface area is 104 Å². The minimum absolute atomic E-state index is 0.0755. The zero-order valence-electron chi connectivity index (χ0n) is 9.65. The van der Waals surface area contributed by atoms with Gasteiger partial charge in [0, 0.05) is 19.3 Å². The minimum atomic E-state index is -1.00. The lowest BCUT2D eigenvalue weighted by Crippen LogP contribution is -2.33. The smallest absolute Gasteiger partial charge is 0.354 e. The molecule has 0 saturated carbocycles. The van der Waals surface area contributed by atoms with Crippen molar-refractivity contribution in [2.45, 2.75) is 13.1 Å². The topological polar surface area (TPSA) is 71.2 Å². The Morgan fingerprint density at radius 2 is 2.22 bits per heavy atom. The van der Waals surface area contributed by atoms with Crippen molar-refractivity contribution < 1.29 is 9.90 Å². The van der Waals surface area contributed by atoms with Gasteiger partial charge >= 0.3 is 5.97 Å². The fourth-order valence-electron chi connectivity index (χ4n) is 2.10. The lowest BCUT2D eigenvalue weighted by atomic mass is 10.3. The van der Waals surface area contributed by atoms with E-state index in [1.54, 1.807) is 6.07 Å². The third-order valence-corrected chi connectivity index (χ3v) is 3.04. The first-order valence-electron chi connectivity index (χ1n) is 5.68. The number of aromatic nitrogens is 3. The van der Waals surface area contributed by atoms with Crippen LogP contribution in [0.3, 0.4) is 0 Å². The summed E-state index contributed by atoms with van der Waals surface area (Å²) in [4.78, 5) is 21.2. The van der Waals surface area contributed by atoms with E-state index in [9.17, 15) is 4.79 Å². The number of hydrogen-bond acceptors (Lipinski definition) is 4.